The van der Waals surface area contributed by atoms with Crippen molar-refractivity contribution >= 4 is 29.6 Å². The standard InChI is InChI=1S/C31H43N3O8/c1-8-12-33-26-21-13-17(2)14-25(41-7)27(36)19(4)15-20(5)29(42-31(32)39)24(40-6)11-9-10-18(3)30(38)34-22(28(21)37)16-23(26)35/h8-12,15-17,19,24-25,27,29,35-37H,1,13-14H2,2-7H3,(H2,32,39)(H,34,38)/b11-9?,18-10+,20-15?,33-12?. The Bertz CT molecular complexity index is 1250. The summed E-state index contributed by atoms with van der Waals surface area (Å²) in [5.74, 6) is -1.61. The maximum Gasteiger partial charge on any atom is 0.405 e. The van der Waals surface area contributed by atoms with E-state index in [1.165, 1.54) is 38.7 Å². The van der Waals surface area contributed by atoms with Gasteiger partial charge in [0.05, 0.1) is 17.9 Å². The monoisotopic (exact) mass is 585 g/mol. The number of hydrogen-bond donors (Lipinski definition) is 5. The van der Waals surface area contributed by atoms with Gasteiger partial charge in [-0.25, -0.2) is 4.79 Å². The summed E-state index contributed by atoms with van der Waals surface area (Å²) in [6.07, 6.45) is 5.69. The quantitative estimate of drug-likeness (QED) is 0.146. The van der Waals surface area contributed by atoms with Crippen LogP contribution in [0.25, 0.3) is 0 Å². The lowest BCUT2D eigenvalue weighted by molar-refractivity contribution is -0.112. The van der Waals surface area contributed by atoms with Gasteiger partial charge in [0.1, 0.15) is 23.3 Å². The number of aromatic hydroxyl groups is 2. The van der Waals surface area contributed by atoms with Crippen LogP contribution in [0.5, 0.6) is 11.5 Å². The number of amides is 2. The minimum Gasteiger partial charge on any atom is -0.506 e. The average Bonchev–Trinajstić information content (AvgIpc) is 2.94. The second kappa shape index (κ2) is 15.9. The Labute approximate surface area is 247 Å². The Morgan fingerprint density at radius 1 is 1.21 bits per heavy atom. The van der Waals surface area contributed by atoms with Gasteiger partial charge in [-0.3, -0.25) is 9.79 Å². The van der Waals surface area contributed by atoms with Crippen molar-refractivity contribution in [3.8, 4) is 11.5 Å². The number of aliphatic imine (C=N–C) groups is 1. The van der Waals surface area contributed by atoms with E-state index < -0.39 is 42.3 Å². The normalized spacial score (nSPS) is 27.5. The highest BCUT2D eigenvalue weighted by atomic mass is 16.6. The molecule has 6 unspecified atom stereocenters. The van der Waals surface area contributed by atoms with Crippen LogP contribution in [0.4, 0.5) is 16.2 Å². The number of carbonyl (C=O) groups is 2. The minimum absolute atomic E-state index is 0.00774. The summed E-state index contributed by atoms with van der Waals surface area (Å²) in [5.41, 5.74) is 6.69. The van der Waals surface area contributed by atoms with Crippen molar-refractivity contribution in [1.29, 1.82) is 0 Å². The number of primary amides is 1. The molecule has 0 fully saturated rings. The molecule has 2 rings (SSSR count). The van der Waals surface area contributed by atoms with Crippen molar-refractivity contribution < 1.29 is 39.1 Å². The van der Waals surface area contributed by atoms with Crippen LogP contribution in [0.15, 0.2) is 59.2 Å². The maximum absolute atomic E-state index is 13.0. The predicted octanol–water partition coefficient (Wildman–Crippen LogP) is 4.45. The number of benzene rings is 1. The van der Waals surface area contributed by atoms with Gasteiger partial charge in [0.15, 0.2) is 6.10 Å². The molecule has 0 radical (unpaired) electrons. The molecule has 2 bridgehead atoms. The van der Waals surface area contributed by atoms with E-state index in [1.54, 1.807) is 32.1 Å². The molecule has 0 aromatic heterocycles. The van der Waals surface area contributed by atoms with E-state index in [9.17, 15) is 24.9 Å². The Balaban J connectivity index is 2.69. The number of nitrogens with one attached hydrogen (secondary N) is 1. The number of aliphatic hydroxyl groups is 1. The molecule has 2 amide bonds. The number of hydrogen-bond acceptors (Lipinski definition) is 9. The van der Waals surface area contributed by atoms with E-state index in [0.717, 1.165) is 0 Å². The highest BCUT2D eigenvalue weighted by molar-refractivity contribution is 6.04. The Morgan fingerprint density at radius 3 is 2.50 bits per heavy atom. The van der Waals surface area contributed by atoms with E-state index in [2.05, 4.69) is 16.9 Å². The molecule has 1 aliphatic heterocycles. The van der Waals surface area contributed by atoms with Crippen molar-refractivity contribution in [3.05, 3.63) is 59.7 Å². The van der Waals surface area contributed by atoms with Gasteiger partial charge in [0.25, 0.3) is 5.91 Å². The van der Waals surface area contributed by atoms with Crippen molar-refractivity contribution in [1.82, 2.24) is 0 Å². The second-order valence-corrected chi connectivity index (χ2v) is 10.5. The van der Waals surface area contributed by atoms with Crippen LogP contribution in [0.1, 0.15) is 39.7 Å². The molecule has 1 aromatic carbocycles. The van der Waals surface area contributed by atoms with E-state index in [1.807, 2.05) is 13.8 Å². The van der Waals surface area contributed by atoms with Gasteiger partial charge in [0.2, 0.25) is 0 Å². The maximum atomic E-state index is 13.0. The molecule has 0 spiro atoms. The zero-order valence-corrected chi connectivity index (χ0v) is 25.0. The zero-order chi connectivity index (χ0) is 31.6. The number of nitrogens with zero attached hydrogens (tertiary/aromatic N) is 1. The lowest BCUT2D eigenvalue weighted by Crippen LogP contribution is -2.37. The van der Waals surface area contributed by atoms with Crippen LogP contribution in [-0.4, -0.2) is 72.2 Å². The van der Waals surface area contributed by atoms with Crippen molar-refractivity contribution in [2.75, 3.05) is 19.5 Å². The van der Waals surface area contributed by atoms with Gasteiger partial charge < -0.3 is 40.6 Å². The molecular formula is C31H43N3O8. The first-order chi connectivity index (χ1) is 19.8. The first-order valence-corrected chi connectivity index (χ1v) is 13.6. The number of carbonyl (C=O) groups excluding carboxylic acids is 2. The largest absolute Gasteiger partial charge is 0.506 e. The smallest absolute Gasteiger partial charge is 0.405 e. The molecule has 6 atom stereocenters. The van der Waals surface area contributed by atoms with Gasteiger partial charge in [-0.15, -0.1) is 0 Å². The molecule has 0 saturated heterocycles. The molecular weight excluding hydrogens is 542 g/mol. The number of methoxy groups -OCH3 is 2. The molecule has 1 heterocycles. The van der Waals surface area contributed by atoms with Gasteiger partial charge >= 0.3 is 6.09 Å². The molecule has 0 saturated carbocycles. The van der Waals surface area contributed by atoms with Crippen LogP contribution in [0, 0.1) is 11.8 Å². The Kier molecular flexibility index (Phi) is 13.0. The van der Waals surface area contributed by atoms with Crippen LogP contribution < -0.4 is 11.1 Å². The summed E-state index contributed by atoms with van der Waals surface area (Å²) in [7, 11) is 2.94. The first-order valence-electron chi connectivity index (χ1n) is 13.6. The van der Waals surface area contributed by atoms with E-state index in [0.29, 0.717) is 17.6 Å². The Hall–Kier alpha value is -3.93. The number of ether oxygens (including phenoxy) is 3. The SMILES string of the molecule is C=CC=Nc1c(O)cc2c(O)c1CC(C)CC(OC)C(O)C(C)C=C(C)C(OC(N)=O)C(OC)C=C/C=C(\C)C(=O)N2. The molecule has 0 aliphatic carbocycles. The third-order valence-electron chi connectivity index (χ3n) is 7.11. The zero-order valence-electron chi connectivity index (χ0n) is 25.0. The van der Waals surface area contributed by atoms with Gasteiger partial charge in [-0.05, 0) is 38.2 Å². The molecule has 11 nitrogen and oxygen atoms in total. The molecule has 1 aliphatic rings. The van der Waals surface area contributed by atoms with E-state index >= 15 is 0 Å². The fraction of sp³-hybridized carbons (Fsp3) is 0.452. The predicted molar refractivity (Wildman–Crippen MR) is 162 cm³/mol. The molecule has 230 valence electrons. The van der Waals surface area contributed by atoms with Crippen molar-refractivity contribution in [3.63, 3.8) is 0 Å². The summed E-state index contributed by atoms with van der Waals surface area (Å²) < 4.78 is 16.6. The topological polar surface area (TPSA) is 173 Å². The third-order valence-corrected chi connectivity index (χ3v) is 7.11. The highest BCUT2D eigenvalue weighted by Gasteiger charge is 2.30. The van der Waals surface area contributed by atoms with Gasteiger partial charge in [0, 0.05) is 43.6 Å². The van der Waals surface area contributed by atoms with Gasteiger partial charge in [-0.1, -0.05) is 50.8 Å². The number of fused-ring (bicyclic) bond motifs is 2. The van der Waals surface area contributed by atoms with Gasteiger partial charge in [-0.2, -0.15) is 0 Å². The fourth-order valence-corrected chi connectivity index (χ4v) is 4.87. The van der Waals surface area contributed by atoms with Crippen molar-refractivity contribution in [2.24, 2.45) is 22.6 Å². The lowest BCUT2D eigenvalue weighted by Gasteiger charge is -2.29. The summed E-state index contributed by atoms with van der Waals surface area (Å²) in [4.78, 5) is 29.0. The van der Waals surface area contributed by atoms with E-state index in [4.69, 9.17) is 19.9 Å². The first kappa shape index (κ1) is 34.3. The fourth-order valence-electron chi connectivity index (χ4n) is 4.87. The molecule has 11 heteroatoms. The number of nitrogens with two attached hydrogens (primary N) is 1. The third kappa shape index (κ3) is 9.04. The minimum atomic E-state index is -0.994. The second-order valence-electron chi connectivity index (χ2n) is 10.5. The molecule has 1 aromatic rings. The van der Waals surface area contributed by atoms with Crippen molar-refractivity contribution in [2.45, 2.75) is 65.0 Å². The lowest BCUT2D eigenvalue weighted by atomic mass is 9.87. The van der Waals surface area contributed by atoms with E-state index in [-0.39, 0.29) is 40.8 Å². The molecule has 6 N–H and O–H groups in total. The number of phenols is 2. The highest BCUT2D eigenvalue weighted by Crippen LogP contribution is 2.44. The summed E-state index contributed by atoms with van der Waals surface area (Å²) in [5, 5.41) is 35.9. The number of rotatable bonds is 5. The van der Waals surface area contributed by atoms with Crippen LogP contribution >= 0.6 is 0 Å². The summed E-state index contributed by atoms with van der Waals surface area (Å²) >= 11 is 0. The summed E-state index contributed by atoms with van der Waals surface area (Å²) in [6, 6.07) is 1.23. The number of phenolic OH excluding ortho intramolecular Hbond substituents is 2. The van der Waals surface area contributed by atoms with Crippen LogP contribution in [-0.2, 0) is 25.4 Å². The summed E-state index contributed by atoms with van der Waals surface area (Å²) in [6.45, 7) is 10.6. The van der Waals surface area contributed by atoms with Crippen LogP contribution in [0.2, 0.25) is 0 Å². The molecule has 42 heavy (non-hydrogen) atoms. The number of anilines is 1. The Morgan fingerprint density at radius 2 is 1.90 bits per heavy atom. The number of allylic oxidation sites excluding steroid dienone is 3. The van der Waals surface area contributed by atoms with Crippen LogP contribution in [0.3, 0.4) is 0 Å². The number of aliphatic hydroxyl groups excluding tert-OH is 1. The average molecular weight is 586 g/mol.